The lowest BCUT2D eigenvalue weighted by Gasteiger charge is -2.14. The molecule has 1 aliphatic carbocycles. The molecule has 0 saturated heterocycles. The van der Waals surface area contributed by atoms with Crippen molar-refractivity contribution in [2.45, 2.75) is 25.7 Å². The number of aromatic carboxylic acids is 1. The number of aromatic nitrogens is 2. The minimum atomic E-state index is -1.13. The standard InChI is InChI=1S/C14H13FN2O2/c15-10-7-9(14(18)19)5-6-12(10)17-8-16-11-3-1-2-4-13(11)17/h5-8H,1-4H2,(H,18,19). The van der Waals surface area contributed by atoms with E-state index in [-0.39, 0.29) is 5.56 Å². The number of carboxylic acid groups (broad SMARTS) is 1. The van der Waals surface area contributed by atoms with E-state index < -0.39 is 11.8 Å². The number of aryl methyl sites for hydroxylation is 1. The topological polar surface area (TPSA) is 55.1 Å². The molecule has 0 saturated carbocycles. The molecule has 1 aliphatic rings. The number of imidazole rings is 1. The third kappa shape index (κ3) is 2.01. The lowest BCUT2D eigenvalue weighted by Crippen LogP contribution is -2.08. The predicted octanol–water partition coefficient (Wildman–Crippen LogP) is 2.59. The Morgan fingerprint density at radius 3 is 2.84 bits per heavy atom. The second-order valence-electron chi connectivity index (χ2n) is 4.69. The van der Waals surface area contributed by atoms with Crippen LogP contribution in [0.15, 0.2) is 24.5 Å². The van der Waals surface area contributed by atoms with Crippen LogP contribution in [0.1, 0.15) is 34.6 Å². The van der Waals surface area contributed by atoms with Gasteiger partial charge >= 0.3 is 5.97 Å². The predicted molar refractivity (Wildman–Crippen MR) is 67.1 cm³/mol. The van der Waals surface area contributed by atoms with Gasteiger partial charge in [-0.15, -0.1) is 0 Å². The van der Waals surface area contributed by atoms with Gasteiger partial charge in [0.1, 0.15) is 5.82 Å². The molecule has 0 amide bonds. The van der Waals surface area contributed by atoms with Crippen molar-refractivity contribution in [2.75, 3.05) is 0 Å². The molecule has 0 unspecified atom stereocenters. The number of halogens is 1. The molecule has 3 rings (SSSR count). The molecule has 1 aromatic heterocycles. The number of carbonyl (C=O) groups is 1. The van der Waals surface area contributed by atoms with Gasteiger partial charge in [0.25, 0.3) is 0 Å². The monoisotopic (exact) mass is 260 g/mol. The van der Waals surface area contributed by atoms with Gasteiger partial charge in [0.15, 0.2) is 0 Å². The summed E-state index contributed by atoms with van der Waals surface area (Å²) < 4.78 is 15.8. The maximum absolute atomic E-state index is 14.0. The zero-order chi connectivity index (χ0) is 13.4. The van der Waals surface area contributed by atoms with Crippen LogP contribution in [-0.2, 0) is 12.8 Å². The van der Waals surface area contributed by atoms with Crippen molar-refractivity contribution in [3.8, 4) is 5.69 Å². The molecule has 1 heterocycles. The maximum Gasteiger partial charge on any atom is 0.335 e. The highest BCUT2D eigenvalue weighted by atomic mass is 19.1. The third-order valence-corrected chi connectivity index (χ3v) is 3.48. The molecule has 1 N–H and O–H groups in total. The van der Waals surface area contributed by atoms with E-state index in [2.05, 4.69) is 4.98 Å². The average Bonchev–Trinajstić information content (AvgIpc) is 2.82. The quantitative estimate of drug-likeness (QED) is 0.903. The van der Waals surface area contributed by atoms with Gasteiger partial charge in [-0.2, -0.15) is 0 Å². The summed E-state index contributed by atoms with van der Waals surface area (Å²) in [6.07, 6.45) is 5.62. The van der Waals surface area contributed by atoms with Crippen LogP contribution in [0.5, 0.6) is 0 Å². The Balaban J connectivity index is 2.07. The highest BCUT2D eigenvalue weighted by Crippen LogP contribution is 2.24. The molecule has 0 fully saturated rings. The van der Waals surface area contributed by atoms with Gasteiger partial charge in [-0.1, -0.05) is 0 Å². The van der Waals surface area contributed by atoms with E-state index in [1.807, 2.05) is 0 Å². The molecule has 0 bridgehead atoms. The summed E-state index contributed by atoms with van der Waals surface area (Å²) in [6, 6.07) is 3.96. The van der Waals surface area contributed by atoms with Gasteiger partial charge < -0.3 is 9.67 Å². The molecular weight excluding hydrogens is 247 g/mol. The summed E-state index contributed by atoms with van der Waals surface area (Å²) in [5, 5.41) is 8.84. The van der Waals surface area contributed by atoms with Crippen LogP contribution in [0.2, 0.25) is 0 Å². The van der Waals surface area contributed by atoms with E-state index in [0.717, 1.165) is 43.1 Å². The summed E-state index contributed by atoms with van der Waals surface area (Å²) >= 11 is 0. The number of rotatable bonds is 2. The minimum Gasteiger partial charge on any atom is -0.478 e. The Hall–Kier alpha value is -2.17. The van der Waals surface area contributed by atoms with Crippen LogP contribution in [0.4, 0.5) is 4.39 Å². The SMILES string of the molecule is O=C(O)c1ccc(-n2cnc3c2CCCC3)c(F)c1. The number of nitrogens with zero attached hydrogens (tertiary/aromatic N) is 2. The molecule has 0 spiro atoms. The van der Waals surface area contributed by atoms with Crippen LogP contribution < -0.4 is 0 Å². The summed E-state index contributed by atoms with van der Waals surface area (Å²) in [7, 11) is 0. The number of hydrogen-bond donors (Lipinski definition) is 1. The second-order valence-corrected chi connectivity index (χ2v) is 4.69. The maximum atomic E-state index is 14.0. The van der Waals surface area contributed by atoms with Crippen molar-refractivity contribution in [1.29, 1.82) is 0 Å². The highest BCUT2D eigenvalue weighted by Gasteiger charge is 2.18. The van der Waals surface area contributed by atoms with E-state index in [4.69, 9.17) is 5.11 Å². The first-order valence-electron chi connectivity index (χ1n) is 6.25. The average molecular weight is 260 g/mol. The number of hydrogen-bond acceptors (Lipinski definition) is 2. The van der Waals surface area contributed by atoms with Crippen molar-refractivity contribution in [3.05, 3.63) is 47.3 Å². The van der Waals surface area contributed by atoms with Crippen LogP contribution >= 0.6 is 0 Å². The van der Waals surface area contributed by atoms with Crippen LogP contribution in [0, 0.1) is 5.82 Å². The van der Waals surface area contributed by atoms with E-state index in [1.165, 1.54) is 12.1 Å². The summed E-state index contributed by atoms with van der Waals surface area (Å²) in [5.74, 6) is -1.66. The Kier molecular flexibility index (Phi) is 2.81. The van der Waals surface area contributed by atoms with E-state index in [9.17, 15) is 9.18 Å². The zero-order valence-corrected chi connectivity index (χ0v) is 10.3. The Morgan fingerprint density at radius 2 is 2.11 bits per heavy atom. The zero-order valence-electron chi connectivity index (χ0n) is 10.3. The fraction of sp³-hybridized carbons (Fsp3) is 0.286. The van der Waals surface area contributed by atoms with Crippen molar-refractivity contribution in [2.24, 2.45) is 0 Å². The third-order valence-electron chi connectivity index (χ3n) is 3.48. The normalized spacial score (nSPS) is 14.2. The molecule has 2 aromatic rings. The molecule has 1 aromatic carbocycles. The summed E-state index contributed by atoms with van der Waals surface area (Å²) in [5.41, 5.74) is 2.37. The van der Waals surface area contributed by atoms with Crippen LogP contribution in [-0.4, -0.2) is 20.6 Å². The van der Waals surface area contributed by atoms with Crippen LogP contribution in [0.25, 0.3) is 5.69 Å². The Labute approximate surface area is 109 Å². The molecule has 19 heavy (non-hydrogen) atoms. The molecule has 0 aliphatic heterocycles. The van der Waals surface area contributed by atoms with Gasteiger partial charge in [-0.05, 0) is 43.9 Å². The van der Waals surface area contributed by atoms with Crippen LogP contribution in [0.3, 0.4) is 0 Å². The number of fused-ring (bicyclic) bond motifs is 1. The highest BCUT2D eigenvalue weighted by molar-refractivity contribution is 5.87. The first-order chi connectivity index (χ1) is 9.16. The van der Waals surface area contributed by atoms with Crippen molar-refractivity contribution in [3.63, 3.8) is 0 Å². The summed E-state index contributed by atoms with van der Waals surface area (Å²) in [4.78, 5) is 15.1. The molecule has 4 nitrogen and oxygen atoms in total. The minimum absolute atomic E-state index is 0.0461. The van der Waals surface area contributed by atoms with E-state index in [1.54, 1.807) is 10.9 Å². The molecule has 0 atom stereocenters. The first kappa shape index (κ1) is 11.9. The van der Waals surface area contributed by atoms with Crippen molar-refractivity contribution < 1.29 is 14.3 Å². The Morgan fingerprint density at radius 1 is 1.32 bits per heavy atom. The van der Waals surface area contributed by atoms with E-state index >= 15 is 0 Å². The number of carboxylic acids is 1. The fourth-order valence-corrected chi connectivity index (χ4v) is 2.51. The van der Waals surface area contributed by atoms with E-state index in [0.29, 0.717) is 5.69 Å². The lowest BCUT2D eigenvalue weighted by molar-refractivity contribution is 0.0696. The van der Waals surface area contributed by atoms with Gasteiger partial charge in [0.2, 0.25) is 0 Å². The lowest BCUT2D eigenvalue weighted by atomic mass is 10.0. The largest absolute Gasteiger partial charge is 0.478 e. The molecule has 5 heteroatoms. The smallest absolute Gasteiger partial charge is 0.335 e. The molecule has 0 radical (unpaired) electrons. The van der Waals surface area contributed by atoms with Crippen molar-refractivity contribution in [1.82, 2.24) is 9.55 Å². The number of benzene rings is 1. The second kappa shape index (κ2) is 4.50. The van der Waals surface area contributed by atoms with Gasteiger partial charge in [-0.25, -0.2) is 14.2 Å². The summed E-state index contributed by atoms with van der Waals surface area (Å²) in [6.45, 7) is 0. The van der Waals surface area contributed by atoms with Crippen molar-refractivity contribution >= 4 is 5.97 Å². The first-order valence-corrected chi connectivity index (χ1v) is 6.25. The molecule has 98 valence electrons. The van der Waals surface area contributed by atoms with Gasteiger partial charge in [0, 0.05) is 5.69 Å². The molecular formula is C14H13FN2O2. The fourth-order valence-electron chi connectivity index (χ4n) is 2.51. The van der Waals surface area contributed by atoms with Gasteiger partial charge in [-0.3, -0.25) is 0 Å². The Bertz CT molecular complexity index is 649. The van der Waals surface area contributed by atoms with Gasteiger partial charge in [0.05, 0.1) is 23.3 Å².